The SMILES string of the molecule is CC(C)CN1CCOC(CNC(=O)C2CCCN2)C1.Cl. The molecule has 0 aromatic carbocycles. The number of hydrogen-bond acceptors (Lipinski definition) is 4. The van der Waals surface area contributed by atoms with Crippen LogP contribution in [0.4, 0.5) is 0 Å². The van der Waals surface area contributed by atoms with E-state index in [0.29, 0.717) is 12.5 Å². The van der Waals surface area contributed by atoms with E-state index in [2.05, 4.69) is 29.4 Å². The van der Waals surface area contributed by atoms with Crippen molar-refractivity contribution in [3.05, 3.63) is 0 Å². The summed E-state index contributed by atoms with van der Waals surface area (Å²) < 4.78 is 5.73. The molecular weight excluding hydrogens is 278 g/mol. The van der Waals surface area contributed by atoms with Crippen molar-refractivity contribution >= 4 is 18.3 Å². The van der Waals surface area contributed by atoms with Gasteiger partial charge in [0.05, 0.1) is 18.8 Å². The van der Waals surface area contributed by atoms with Crippen molar-refractivity contribution in [2.45, 2.75) is 38.8 Å². The molecule has 118 valence electrons. The van der Waals surface area contributed by atoms with E-state index in [0.717, 1.165) is 45.6 Å². The molecule has 0 spiro atoms. The first kappa shape index (κ1) is 17.7. The molecule has 0 aromatic rings. The molecule has 2 aliphatic heterocycles. The van der Waals surface area contributed by atoms with Crippen LogP contribution in [0, 0.1) is 5.92 Å². The molecule has 2 aliphatic rings. The summed E-state index contributed by atoms with van der Waals surface area (Å²) in [4.78, 5) is 14.3. The summed E-state index contributed by atoms with van der Waals surface area (Å²) in [6.07, 6.45) is 2.19. The molecule has 0 aliphatic carbocycles. The average molecular weight is 306 g/mol. The van der Waals surface area contributed by atoms with Gasteiger partial charge in [-0.05, 0) is 25.3 Å². The number of carbonyl (C=O) groups is 1. The molecule has 0 bridgehead atoms. The van der Waals surface area contributed by atoms with Gasteiger partial charge in [0, 0.05) is 26.2 Å². The molecule has 1 amide bonds. The fourth-order valence-corrected chi connectivity index (χ4v) is 2.83. The van der Waals surface area contributed by atoms with Crippen LogP contribution < -0.4 is 10.6 Å². The van der Waals surface area contributed by atoms with Crippen molar-refractivity contribution in [1.82, 2.24) is 15.5 Å². The monoisotopic (exact) mass is 305 g/mol. The molecular formula is C14H28ClN3O2. The highest BCUT2D eigenvalue weighted by Gasteiger charge is 2.25. The van der Waals surface area contributed by atoms with Crippen molar-refractivity contribution in [3.8, 4) is 0 Å². The van der Waals surface area contributed by atoms with Gasteiger partial charge in [-0.3, -0.25) is 9.69 Å². The lowest BCUT2D eigenvalue weighted by atomic mass is 10.1. The van der Waals surface area contributed by atoms with Crippen LogP contribution in [0.1, 0.15) is 26.7 Å². The predicted molar refractivity (Wildman–Crippen MR) is 82.3 cm³/mol. The maximum Gasteiger partial charge on any atom is 0.237 e. The predicted octanol–water partition coefficient (Wildman–Crippen LogP) is 0.633. The lowest BCUT2D eigenvalue weighted by Crippen LogP contribution is -2.50. The van der Waals surface area contributed by atoms with E-state index >= 15 is 0 Å². The van der Waals surface area contributed by atoms with Crippen LogP contribution in [0.25, 0.3) is 0 Å². The van der Waals surface area contributed by atoms with Gasteiger partial charge >= 0.3 is 0 Å². The molecule has 2 N–H and O–H groups in total. The molecule has 0 saturated carbocycles. The molecule has 0 radical (unpaired) electrons. The van der Waals surface area contributed by atoms with Crippen molar-refractivity contribution in [2.75, 3.05) is 39.3 Å². The van der Waals surface area contributed by atoms with Crippen LogP contribution in [0.5, 0.6) is 0 Å². The number of ether oxygens (including phenoxy) is 1. The highest BCUT2D eigenvalue weighted by atomic mass is 35.5. The van der Waals surface area contributed by atoms with E-state index in [1.165, 1.54) is 0 Å². The van der Waals surface area contributed by atoms with Crippen LogP contribution in [0.15, 0.2) is 0 Å². The van der Waals surface area contributed by atoms with Gasteiger partial charge in [-0.25, -0.2) is 0 Å². The fourth-order valence-electron chi connectivity index (χ4n) is 2.83. The van der Waals surface area contributed by atoms with Crippen LogP contribution in [-0.2, 0) is 9.53 Å². The largest absolute Gasteiger partial charge is 0.374 e. The summed E-state index contributed by atoms with van der Waals surface area (Å²) in [6, 6.07) is 0.00959. The summed E-state index contributed by atoms with van der Waals surface area (Å²) in [5.41, 5.74) is 0. The van der Waals surface area contributed by atoms with Crippen molar-refractivity contribution in [2.24, 2.45) is 5.92 Å². The number of nitrogens with one attached hydrogen (secondary N) is 2. The molecule has 2 heterocycles. The zero-order chi connectivity index (χ0) is 13.7. The van der Waals surface area contributed by atoms with Crippen molar-refractivity contribution in [3.63, 3.8) is 0 Å². The smallest absolute Gasteiger partial charge is 0.237 e. The minimum Gasteiger partial charge on any atom is -0.374 e. The minimum absolute atomic E-state index is 0. The Bertz CT molecular complexity index is 296. The Kier molecular flexibility index (Phi) is 7.80. The van der Waals surface area contributed by atoms with E-state index in [9.17, 15) is 4.79 Å². The zero-order valence-corrected chi connectivity index (χ0v) is 13.4. The first-order chi connectivity index (χ1) is 9.15. The standard InChI is InChI=1S/C14H27N3O2.ClH/c1-11(2)9-17-6-7-19-12(10-17)8-16-14(18)13-4-3-5-15-13;/h11-13,15H,3-10H2,1-2H3,(H,16,18);1H. The third-order valence-electron chi connectivity index (χ3n) is 3.73. The number of hydrogen-bond donors (Lipinski definition) is 2. The summed E-state index contributed by atoms with van der Waals surface area (Å²) >= 11 is 0. The van der Waals surface area contributed by atoms with E-state index in [4.69, 9.17) is 4.74 Å². The van der Waals surface area contributed by atoms with Gasteiger partial charge in [0.15, 0.2) is 0 Å². The molecule has 5 nitrogen and oxygen atoms in total. The van der Waals surface area contributed by atoms with Gasteiger partial charge in [0.25, 0.3) is 0 Å². The Morgan fingerprint density at radius 3 is 2.95 bits per heavy atom. The Balaban J connectivity index is 0.00000200. The number of halogens is 1. The molecule has 2 saturated heterocycles. The molecule has 2 rings (SSSR count). The summed E-state index contributed by atoms with van der Waals surface area (Å²) in [6.45, 7) is 9.87. The average Bonchev–Trinajstić information content (AvgIpc) is 2.89. The number of rotatable bonds is 5. The fraction of sp³-hybridized carbons (Fsp3) is 0.929. The molecule has 0 aromatic heterocycles. The van der Waals surface area contributed by atoms with Crippen LogP contribution in [0.3, 0.4) is 0 Å². The summed E-state index contributed by atoms with van der Waals surface area (Å²) in [5, 5.41) is 6.23. The molecule has 2 atom stereocenters. The zero-order valence-electron chi connectivity index (χ0n) is 12.6. The van der Waals surface area contributed by atoms with E-state index in [-0.39, 0.29) is 30.5 Å². The Labute approximate surface area is 128 Å². The van der Waals surface area contributed by atoms with Gasteiger partial charge in [-0.2, -0.15) is 0 Å². The quantitative estimate of drug-likeness (QED) is 0.782. The molecule has 2 unspecified atom stereocenters. The Morgan fingerprint density at radius 2 is 2.30 bits per heavy atom. The van der Waals surface area contributed by atoms with Crippen LogP contribution >= 0.6 is 12.4 Å². The topological polar surface area (TPSA) is 53.6 Å². The normalized spacial score (nSPS) is 27.4. The Hall–Kier alpha value is -0.360. The summed E-state index contributed by atoms with van der Waals surface area (Å²) in [7, 11) is 0. The Morgan fingerprint density at radius 1 is 1.50 bits per heavy atom. The maximum absolute atomic E-state index is 11.9. The van der Waals surface area contributed by atoms with Gasteiger partial charge in [-0.1, -0.05) is 13.8 Å². The third kappa shape index (κ3) is 5.56. The van der Waals surface area contributed by atoms with Crippen molar-refractivity contribution in [1.29, 1.82) is 0 Å². The lowest BCUT2D eigenvalue weighted by Gasteiger charge is -2.34. The minimum atomic E-state index is 0. The van der Waals surface area contributed by atoms with Gasteiger partial charge in [0.2, 0.25) is 5.91 Å². The van der Waals surface area contributed by atoms with Crippen LogP contribution in [0.2, 0.25) is 0 Å². The molecule has 20 heavy (non-hydrogen) atoms. The first-order valence-electron chi connectivity index (χ1n) is 7.50. The van der Waals surface area contributed by atoms with Gasteiger partial charge < -0.3 is 15.4 Å². The number of morpholine rings is 1. The van der Waals surface area contributed by atoms with Gasteiger partial charge in [-0.15, -0.1) is 12.4 Å². The maximum atomic E-state index is 11.9. The first-order valence-corrected chi connectivity index (χ1v) is 7.50. The molecule has 6 heteroatoms. The van der Waals surface area contributed by atoms with Crippen molar-refractivity contribution < 1.29 is 9.53 Å². The second-order valence-corrected chi connectivity index (χ2v) is 6.04. The second kappa shape index (κ2) is 8.82. The van der Waals surface area contributed by atoms with E-state index in [1.807, 2.05) is 0 Å². The molecule has 2 fully saturated rings. The van der Waals surface area contributed by atoms with E-state index < -0.39 is 0 Å². The number of nitrogens with zero attached hydrogens (tertiary/aromatic N) is 1. The van der Waals surface area contributed by atoms with Gasteiger partial charge in [0.1, 0.15) is 0 Å². The number of carbonyl (C=O) groups excluding carboxylic acids is 1. The lowest BCUT2D eigenvalue weighted by molar-refractivity contribution is -0.124. The summed E-state index contributed by atoms with van der Waals surface area (Å²) in [5.74, 6) is 0.804. The second-order valence-electron chi connectivity index (χ2n) is 6.04. The third-order valence-corrected chi connectivity index (χ3v) is 3.73. The van der Waals surface area contributed by atoms with Crippen LogP contribution in [-0.4, -0.2) is 62.3 Å². The van der Waals surface area contributed by atoms with E-state index in [1.54, 1.807) is 0 Å². The highest BCUT2D eigenvalue weighted by Crippen LogP contribution is 2.08. The highest BCUT2D eigenvalue weighted by molar-refractivity contribution is 5.85. The number of amides is 1.